The van der Waals surface area contributed by atoms with E-state index in [4.69, 9.17) is 4.74 Å². The van der Waals surface area contributed by atoms with E-state index in [1.807, 2.05) is 25.1 Å². The molecule has 2 aromatic carbocycles. The van der Waals surface area contributed by atoms with Gasteiger partial charge in [0.2, 0.25) is 0 Å². The Morgan fingerprint density at radius 1 is 1.12 bits per heavy atom. The topological polar surface area (TPSA) is 61.5 Å². The Morgan fingerprint density at radius 2 is 1.93 bits per heavy atom. The van der Waals surface area contributed by atoms with Crippen LogP contribution in [-0.4, -0.2) is 52.5 Å². The molecule has 0 unspecified atom stereocenters. The number of halogens is 1. The molecule has 0 aliphatic carbocycles. The Balaban J connectivity index is 1.43. The van der Waals surface area contributed by atoms with Gasteiger partial charge < -0.3 is 14.6 Å². The minimum absolute atomic E-state index is 0.242. The molecule has 3 heterocycles. The molecule has 5 rings (SSSR count). The quantitative estimate of drug-likeness (QED) is 0.252. The van der Waals surface area contributed by atoms with Gasteiger partial charge in [0, 0.05) is 54.7 Å². The lowest BCUT2D eigenvalue weighted by Crippen LogP contribution is -2.37. The molecule has 0 fully saturated rings. The van der Waals surface area contributed by atoms with Crippen molar-refractivity contribution in [1.29, 1.82) is 0 Å². The van der Waals surface area contributed by atoms with Gasteiger partial charge in [0.15, 0.2) is 0 Å². The molecule has 0 radical (unpaired) electrons. The van der Waals surface area contributed by atoms with Crippen molar-refractivity contribution in [2.24, 2.45) is 0 Å². The average molecular weight is 539 g/mol. The molecule has 0 saturated heterocycles. The molecule has 4 aromatic rings. The predicted octanol–water partition coefficient (Wildman–Crippen LogP) is 6.36. The number of fused-ring (bicyclic) bond motifs is 3. The highest BCUT2D eigenvalue weighted by Crippen LogP contribution is 2.30. The van der Waals surface area contributed by atoms with Crippen molar-refractivity contribution in [3.63, 3.8) is 0 Å². The summed E-state index contributed by atoms with van der Waals surface area (Å²) in [5, 5.41) is 1.32. The minimum Gasteiger partial charge on any atom is -0.465 e. The number of H-pyrrole nitrogens is 1. The zero-order valence-electron chi connectivity index (χ0n) is 23.3. The zero-order valence-corrected chi connectivity index (χ0v) is 23.3. The number of pyridine rings is 1. The third kappa shape index (κ3) is 5.84. The van der Waals surface area contributed by atoms with Gasteiger partial charge in [-0.1, -0.05) is 42.5 Å². The van der Waals surface area contributed by atoms with Crippen molar-refractivity contribution in [2.45, 2.75) is 33.2 Å². The van der Waals surface area contributed by atoms with Gasteiger partial charge in [0.1, 0.15) is 5.82 Å². The first kappa shape index (κ1) is 27.3. The first-order chi connectivity index (χ1) is 19.5. The molecular weight excluding hydrogens is 503 g/mol. The highest BCUT2D eigenvalue weighted by Gasteiger charge is 2.24. The number of ether oxygens (including phenoxy) is 1. The molecule has 0 atom stereocenters. The van der Waals surface area contributed by atoms with Gasteiger partial charge in [-0.15, -0.1) is 0 Å². The summed E-state index contributed by atoms with van der Waals surface area (Å²) in [7, 11) is 1.38. The second-order valence-corrected chi connectivity index (χ2v) is 9.99. The van der Waals surface area contributed by atoms with Crippen LogP contribution in [0.25, 0.3) is 16.6 Å². The summed E-state index contributed by atoms with van der Waals surface area (Å²) < 4.78 is 18.5. The maximum absolute atomic E-state index is 13.6. The first-order valence-electron chi connectivity index (χ1n) is 13.7. The number of aromatic amines is 1. The van der Waals surface area contributed by atoms with Crippen molar-refractivity contribution in [1.82, 2.24) is 19.8 Å². The van der Waals surface area contributed by atoms with E-state index in [2.05, 4.69) is 57.0 Å². The molecule has 1 aliphatic heterocycles. The molecule has 0 bridgehead atoms. The van der Waals surface area contributed by atoms with Gasteiger partial charge in [-0.25, -0.2) is 9.18 Å². The third-order valence-electron chi connectivity index (χ3n) is 7.57. The van der Waals surface area contributed by atoms with E-state index in [1.165, 1.54) is 41.4 Å². The number of esters is 1. The summed E-state index contributed by atoms with van der Waals surface area (Å²) in [4.78, 5) is 25.2. The van der Waals surface area contributed by atoms with Crippen LogP contribution >= 0.6 is 0 Å². The van der Waals surface area contributed by atoms with Gasteiger partial charge in [-0.05, 0) is 68.1 Å². The van der Waals surface area contributed by atoms with Gasteiger partial charge in [-0.3, -0.25) is 9.88 Å². The van der Waals surface area contributed by atoms with Crippen molar-refractivity contribution < 1.29 is 13.9 Å². The van der Waals surface area contributed by atoms with E-state index in [-0.39, 0.29) is 5.82 Å². The number of aromatic nitrogens is 2. The highest BCUT2D eigenvalue weighted by molar-refractivity contribution is 5.90. The summed E-state index contributed by atoms with van der Waals surface area (Å²) in [6.45, 7) is 7.26. The number of carbonyl (C=O) groups is 1. The second kappa shape index (κ2) is 12.3. The SMILES string of the molecule is C/C=C(/CN1CCc2c([nH]c3ccccc23)C1)N(CCc1ccc(F)cc1)/C(=C/C)c1cc(C(=O)OC)ccn1. The number of benzene rings is 2. The molecular formula is C33H35FN4O2. The largest absolute Gasteiger partial charge is 0.465 e. The molecule has 2 aromatic heterocycles. The van der Waals surface area contributed by atoms with Gasteiger partial charge >= 0.3 is 5.97 Å². The number of hydrogen-bond donors (Lipinski definition) is 1. The number of carbonyl (C=O) groups excluding carboxylic acids is 1. The zero-order chi connectivity index (χ0) is 28.1. The molecule has 206 valence electrons. The van der Waals surface area contributed by atoms with Crippen LogP contribution in [-0.2, 0) is 24.1 Å². The molecule has 0 saturated carbocycles. The average Bonchev–Trinajstić information content (AvgIpc) is 3.36. The summed E-state index contributed by atoms with van der Waals surface area (Å²) >= 11 is 0. The van der Waals surface area contributed by atoms with E-state index in [9.17, 15) is 9.18 Å². The summed E-state index contributed by atoms with van der Waals surface area (Å²) in [6.07, 6.45) is 7.53. The van der Waals surface area contributed by atoms with Gasteiger partial charge in [-0.2, -0.15) is 0 Å². The maximum atomic E-state index is 13.6. The fourth-order valence-electron chi connectivity index (χ4n) is 5.51. The molecule has 1 N–H and O–H groups in total. The molecule has 0 amide bonds. The minimum atomic E-state index is -0.398. The molecule has 40 heavy (non-hydrogen) atoms. The molecule has 7 heteroatoms. The standard InChI is InChI=1S/C33H35FN4O2/c1-4-26(21-37-18-16-28-27-8-6-7-9-29(27)36-31(28)22-37)38(19-15-23-10-12-25(34)13-11-23)32(5-2)30-20-24(14-17-35-30)33(39)40-3/h4-14,17,20,36H,15-16,18-19,21-22H2,1-3H3/b26-4-,32-5+. The first-order valence-corrected chi connectivity index (χ1v) is 13.7. The number of para-hydroxylation sites is 1. The number of hydrogen-bond acceptors (Lipinski definition) is 5. The molecule has 0 spiro atoms. The fourth-order valence-corrected chi connectivity index (χ4v) is 5.51. The maximum Gasteiger partial charge on any atom is 0.337 e. The number of nitrogens with zero attached hydrogens (tertiary/aromatic N) is 3. The van der Waals surface area contributed by atoms with Crippen molar-refractivity contribution in [3.05, 3.63) is 119 Å². The van der Waals surface area contributed by atoms with E-state index in [1.54, 1.807) is 18.3 Å². The lowest BCUT2D eigenvalue weighted by Gasteiger charge is -2.34. The number of allylic oxidation sites excluding steroid dienone is 2. The fraction of sp³-hybridized carbons (Fsp3) is 0.273. The van der Waals surface area contributed by atoms with Crippen LogP contribution < -0.4 is 0 Å². The van der Waals surface area contributed by atoms with E-state index < -0.39 is 5.97 Å². The predicted molar refractivity (Wildman–Crippen MR) is 157 cm³/mol. The second-order valence-electron chi connectivity index (χ2n) is 9.99. The number of methoxy groups -OCH3 is 1. The summed E-state index contributed by atoms with van der Waals surface area (Å²) in [5.74, 6) is -0.639. The molecule has 6 nitrogen and oxygen atoms in total. The third-order valence-corrected chi connectivity index (χ3v) is 7.57. The van der Waals surface area contributed by atoms with Crippen LogP contribution in [0, 0.1) is 5.82 Å². The number of nitrogens with one attached hydrogen (secondary N) is 1. The Kier molecular flexibility index (Phi) is 8.41. The van der Waals surface area contributed by atoms with Crippen LogP contribution in [0.3, 0.4) is 0 Å². The van der Waals surface area contributed by atoms with Crippen molar-refractivity contribution >= 4 is 22.6 Å². The lowest BCUT2D eigenvalue weighted by atomic mass is 10.0. The van der Waals surface area contributed by atoms with Crippen LogP contribution in [0.15, 0.2) is 84.7 Å². The smallest absolute Gasteiger partial charge is 0.337 e. The van der Waals surface area contributed by atoms with Crippen molar-refractivity contribution in [2.75, 3.05) is 26.7 Å². The Morgan fingerprint density at radius 3 is 2.67 bits per heavy atom. The number of rotatable bonds is 9. The Bertz CT molecular complexity index is 1550. The van der Waals surface area contributed by atoms with Crippen molar-refractivity contribution in [3.8, 4) is 0 Å². The lowest BCUT2D eigenvalue weighted by molar-refractivity contribution is 0.0600. The van der Waals surface area contributed by atoms with Crippen LogP contribution in [0.2, 0.25) is 0 Å². The van der Waals surface area contributed by atoms with Gasteiger partial charge in [0.05, 0.1) is 24.1 Å². The van der Waals surface area contributed by atoms with E-state index in [0.29, 0.717) is 17.8 Å². The van der Waals surface area contributed by atoms with E-state index >= 15 is 0 Å². The summed E-state index contributed by atoms with van der Waals surface area (Å²) in [6, 6.07) is 18.6. The highest BCUT2D eigenvalue weighted by atomic mass is 19.1. The van der Waals surface area contributed by atoms with Gasteiger partial charge in [0.25, 0.3) is 0 Å². The monoisotopic (exact) mass is 538 g/mol. The van der Waals surface area contributed by atoms with Crippen LogP contribution in [0.5, 0.6) is 0 Å². The van der Waals surface area contributed by atoms with Crippen LogP contribution in [0.4, 0.5) is 4.39 Å². The normalized spacial score (nSPS) is 14.3. The molecule has 1 aliphatic rings. The Hall–Kier alpha value is -4.23. The van der Waals surface area contributed by atoms with E-state index in [0.717, 1.165) is 49.4 Å². The summed E-state index contributed by atoms with van der Waals surface area (Å²) in [5.41, 5.74) is 8.13. The van der Waals surface area contributed by atoms with Crippen LogP contribution in [0.1, 0.15) is 46.7 Å². The Labute approximate surface area is 234 Å².